The molecule has 5 nitrogen and oxygen atoms in total. The molecule has 1 heterocycles. The van der Waals surface area contributed by atoms with Crippen molar-refractivity contribution < 1.29 is 4.79 Å². The van der Waals surface area contributed by atoms with Crippen molar-refractivity contribution in [1.29, 1.82) is 0 Å². The summed E-state index contributed by atoms with van der Waals surface area (Å²) in [6.07, 6.45) is 0. The number of hydrogen-bond donors (Lipinski definition) is 1. The predicted molar refractivity (Wildman–Crippen MR) is 119 cm³/mol. The summed E-state index contributed by atoms with van der Waals surface area (Å²) < 4.78 is 1.24. The number of halogens is 3. The highest BCUT2D eigenvalue weighted by Gasteiger charge is 2.22. The lowest BCUT2D eigenvalue weighted by atomic mass is 9.94. The number of rotatable bonds is 5. The zero-order valence-electron chi connectivity index (χ0n) is 15.0. The number of carbonyl (C=O) groups is 1. The van der Waals surface area contributed by atoms with E-state index in [0.717, 1.165) is 5.56 Å². The Morgan fingerprint density at radius 2 is 1.50 bits per heavy atom. The molecule has 146 valence electrons. The minimum Gasteiger partial charge on any atom is -0.329 e. The first kappa shape index (κ1) is 22.3. The number of aromatic nitrogens is 2. The topological polar surface area (TPSA) is 78.0 Å². The van der Waals surface area contributed by atoms with Gasteiger partial charge in [-0.1, -0.05) is 47.5 Å². The summed E-state index contributed by atoms with van der Waals surface area (Å²) in [4.78, 5) is 25.3. The van der Waals surface area contributed by atoms with Crippen molar-refractivity contribution in [3.05, 3.63) is 74.5 Å². The van der Waals surface area contributed by atoms with E-state index in [-0.39, 0.29) is 41.4 Å². The zero-order valence-corrected chi connectivity index (χ0v) is 18.2. The molecule has 0 amide bonds. The lowest BCUT2D eigenvalue weighted by Gasteiger charge is -2.16. The maximum atomic E-state index is 12.9. The normalized spacial score (nSPS) is 10.4. The van der Waals surface area contributed by atoms with Crippen LogP contribution in [-0.2, 0) is 6.54 Å². The summed E-state index contributed by atoms with van der Waals surface area (Å²) in [7, 11) is 0. The maximum Gasteiger partial charge on any atom is 0.278 e. The van der Waals surface area contributed by atoms with Gasteiger partial charge in [0.2, 0.25) is 0 Å². The molecule has 0 bridgehead atoms. The van der Waals surface area contributed by atoms with Crippen molar-refractivity contribution in [2.45, 2.75) is 13.5 Å². The highest BCUT2D eigenvalue weighted by atomic mass is 79.9. The third-order valence-electron chi connectivity index (χ3n) is 4.10. The summed E-state index contributed by atoms with van der Waals surface area (Å²) in [5.41, 5.74) is 7.62. The molecule has 28 heavy (non-hydrogen) atoms. The summed E-state index contributed by atoms with van der Waals surface area (Å²) in [6.45, 7) is 1.81. The number of carbonyl (C=O) groups excluding carboxylic acids is 1. The van der Waals surface area contributed by atoms with E-state index in [0.29, 0.717) is 26.9 Å². The summed E-state index contributed by atoms with van der Waals surface area (Å²) in [6, 6.07) is 14.0. The minimum atomic E-state index is -0.462. The second kappa shape index (κ2) is 9.47. The fourth-order valence-corrected chi connectivity index (χ4v) is 3.13. The SMILES string of the molecule is Br.CC(=O)c1c(-c2ccc(Cl)cc2)c(-c2ccc(Cl)cc2)nn(CCN)c1=O. The van der Waals surface area contributed by atoms with Crippen molar-refractivity contribution in [3.8, 4) is 22.4 Å². The van der Waals surface area contributed by atoms with Crippen LogP contribution in [0.3, 0.4) is 0 Å². The van der Waals surface area contributed by atoms with Gasteiger partial charge in [0.05, 0.1) is 17.8 Å². The molecule has 0 atom stereocenters. The lowest BCUT2D eigenvalue weighted by Crippen LogP contribution is -2.32. The van der Waals surface area contributed by atoms with Crippen LogP contribution in [0.5, 0.6) is 0 Å². The molecule has 0 radical (unpaired) electrons. The average Bonchev–Trinajstić information content (AvgIpc) is 2.64. The van der Waals surface area contributed by atoms with Crippen molar-refractivity contribution in [3.63, 3.8) is 0 Å². The van der Waals surface area contributed by atoms with Crippen LogP contribution >= 0.6 is 40.2 Å². The van der Waals surface area contributed by atoms with Crippen LogP contribution in [0.25, 0.3) is 22.4 Å². The van der Waals surface area contributed by atoms with Gasteiger partial charge in [-0.05, 0) is 36.8 Å². The van der Waals surface area contributed by atoms with Gasteiger partial charge in [-0.3, -0.25) is 9.59 Å². The van der Waals surface area contributed by atoms with E-state index in [4.69, 9.17) is 28.9 Å². The molecule has 0 saturated carbocycles. The molecule has 8 heteroatoms. The van der Waals surface area contributed by atoms with Gasteiger partial charge in [0, 0.05) is 27.7 Å². The van der Waals surface area contributed by atoms with Crippen molar-refractivity contribution >= 4 is 46.0 Å². The van der Waals surface area contributed by atoms with Gasteiger partial charge in [0.15, 0.2) is 5.78 Å². The Bertz CT molecular complexity index is 1050. The number of nitrogens with zero attached hydrogens (tertiary/aromatic N) is 2. The van der Waals surface area contributed by atoms with Crippen LogP contribution in [-0.4, -0.2) is 22.1 Å². The number of benzene rings is 2. The third kappa shape index (κ3) is 4.52. The van der Waals surface area contributed by atoms with E-state index in [1.807, 2.05) is 0 Å². The Hall–Kier alpha value is -1.99. The van der Waals surface area contributed by atoms with Crippen LogP contribution in [0, 0.1) is 0 Å². The number of ketones is 1. The Labute approximate surface area is 182 Å². The van der Waals surface area contributed by atoms with Gasteiger partial charge < -0.3 is 5.73 Å². The molecule has 1 aromatic heterocycles. The molecule has 0 aliphatic carbocycles. The van der Waals surface area contributed by atoms with Crippen LogP contribution in [0.15, 0.2) is 53.3 Å². The van der Waals surface area contributed by atoms with Gasteiger partial charge in [0.25, 0.3) is 5.56 Å². The summed E-state index contributed by atoms with van der Waals surface area (Å²) in [5, 5.41) is 5.63. The van der Waals surface area contributed by atoms with Gasteiger partial charge in [0.1, 0.15) is 0 Å². The number of nitrogens with two attached hydrogens (primary N) is 1. The van der Waals surface area contributed by atoms with E-state index in [9.17, 15) is 9.59 Å². The van der Waals surface area contributed by atoms with Crippen LogP contribution in [0.2, 0.25) is 10.0 Å². The molecule has 0 saturated heterocycles. The van der Waals surface area contributed by atoms with Gasteiger partial charge in [-0.15, -0.1) is 17.0 Å². The Kier molecular flexibility index (Phi) is 7.55. The van der Waals surface area contributed by atoms with Gasteiger partial charge in [-0.2, -0.15) is 5.10 Å². The predicted octanol–water partition coefficient (Wildman–Crippen LogP) is 4.62. The Morgan fingerprint density at radius 1 is 1.00 bits per heavy atom. The van der Waals surface area contributed by atoms with E-state index in [1.165, 1.54) is 11.6 Å². The molecule has 2 N–H and O–H groups in total. The molecule has 0 aliphatic rings. The van der Waals surface area contributed by atoms with Crippen molar-refractivity contribution in [2.75, 3.05) is 6.54 Å². The van der Waals surface area contributed by atoms with Gasteiger partial charge in [-0.25, -0.2) is 4.68 Å². The summed E-state index contributed by atoms with van der Waals surface area (Å²) >= 11 is 12.0. The molecule has 2 aromatic carbocycles. The molecule has 0 unspecified atom stereocenters. The molecule has 0 fully saturated rings. The average molecular weight is 483 g/mol. The first-order valence-corrected chi connectivity index (χ1v) is 9.06. The number of hydrogen-bond acceptors (Lipinski definition) is 4. The highest BCUT2D eigenvalue weighted by molar-refractivity contribution is 8.93. The molecule has 0 spiro atoms. The molecule has 3 aromatic rings. The third-order valence-corrected chi connectivity index (χ3v) is 4.60. The fourth-order valence-electron chi connectivity index (χ4n) is 2.88. The number of Topliss-reactive ketones (excluding diaryl/α,β-unsaturated/α-hetero) is 1. The standard InChI is InChI=1S/C20H17Cl2N3O2.BrH/c1-12(26)17-18(13-2-6-15(21)7-3-13)19(14-4-8-16(22)9-5-14)24-25(11-10-23)20(17)27;/h2-9H,10-11,23H2,1H3;1H. The largest absolute Gasteiger partial charge is 0.329 e. The van der Waals surface area contributed by atoms with Crippen LogP contribution in [0.1, 0.15) is 17.3 Å². The minimum absolute atomic E-state index is 0. The maximum absolute atomic E-state index is 12.9. The zero-order chi connectivity index (χ0) is 19.6. The van der Waals surface area contributed by atoms with E-state index < -0.39 is 5.56 Å². The molecular weight excluding hydrogens is 465 g/mol. The molecule has 0 aliphatic heterocycles. The van der Waals surface area contributed by atoms with E-state index >= 15 is 0 Å². The van der Waals surface area contributed by atoms with Crippen LogP contribution < -0.4 is 11.3 Å². The quantitative estimate of drug-likeness (QED) is 0.538. The molecular formula is C20H18BrCl2N3O2. The summed E-state index contributed by atoms with van der Waals surface area (Å²) in [5.74, 6) is -0.340. The van der Waals surface area contributed by atoms with Crippen molar-refractivity contribution in [1.82, 2.24) is 9.78 Å². The fraction of sp³-hybridized carbons (Fsp3) is 0.150. The molecule has 3 rings (SSSR count). The Balaban J connectivity index is 0.00000280. The van der Waals surface area contributed by atoms with Crippen molar-refractivity contribution in [2.24, 2.45) is 5.73 Å². The smallest absolute Gasteiger partial charge is 0.278 e. The lowest BCUT2D eigenvalue weighted by molar-refractivity contribution is 0.101. The monoisotopic (exact) mass is 481 g/mol. The van der Waals surface area contributed by atoms with E-state index in [1.54, 1.807) is 48.5 Å². The second-order valence-corrected chi connectivity index (χ2v) is 6.86. The van der Waals surface area contributed by atoms with Gasteiger partial charge >= 0.3 is 0 Å². The Morgan fingerprint density at radius 3 is 1.96 bits per heavy atom. The first-order valence-electron chi connectivity index (χ1n) is 8.30. The second-order valence-electron chi connectivity index (χ2n) is 5.99. The first-order chi connectivity index (χ1) is 12.9. The van der Waals surface area contributed by atoms with Crippen LogP contribution in [0.4, 0.5) is 0 Å². The highest BCUT2D eigenvalue weighted by Crippen LogP contribution is 2.33. The van der Waals surface area contributed by atoms with E-state index in [2.05, 4.69) is 5.10 Å².